The molecule has 0 saturated carbocycles. The van der Waals surface area contributed by atoms with Crippen LogP contribution in [0.2, 0.25) is 0 Å². The fourth-order valence-electron chi connectivity index (χ4n) is 3.49. The summed E-state index contributed by atoms with van der Waals surface area (Å²) in [5.74, 6) is -0.923. The Labute approximate surface area is 105 Å². The molecule has 2 atom stereocenters. The van der Waals surface area contributed by atoms with E-state index < -0.39 is 11.5 Å². The lowest BCUT2D eigenvalue weighted by molar-refractivity contribution is -0.177. The largest absolute Gasteiger partial charge is 0.467 e. The number of carbonyl (C=O) groups is 3. The van der Waals surface area contributed by atoms with Crippen LogP contribution in [0.1, 0.15) is 25.7 Å². The van der Waals surface area contributed by atoms with E-state index in [-0.39, 0.29) is 17.9 Å². The number of amides is 2. The van der Waals surface area contributed by atoms with Gasteiger partial charge in [0.1, 0.15) is 6.04 Å². The molecule has 3 rings (SSSR count). The van der Waals surface area contributed by atoms with Crippen LogP contribution >= 0.6 is 0 Å². The number of methoxy groups -OCH3 is 1. The molecule has 0 unspecified atom stereocenters. The van der Waals surface area contributed by atoms with Crippen molar-refractivity contribution < 1.29 is 19.1 Å². The number of hydrogen-bond acceptors (Lipinski definition) is 4. The first kappa shape index (κ1) is 11.5. The maximum absolute atomic E-state index is 12.6. The van der Waals surface area contributed by atoms with Gasteiger partial charge in [0.25, 0.3) is 5.91 Å². The standard InChI is InChI=1S/C12H16N2O4/c1-18-11(17)12-5-3-7-14(12)9(15)8-4-2-6-13(8)10(12)16/h8H,2-7H2,1H3/t8-,12-/m0/s1. The van der Waals surface area contributed by atoms with Gasteiger partial charge in [0.05, 0.1) is 7.11 Å². The molecule has 3 saturated heterocycles. The first-order valence-corrected chi connectivity index (χ1v) is 6.34. The molecule has 0 aliphatic carbocycles. The molecule has 0 aromatic rings. The van der Waals surface area contributed by atoms with Gasteiger partial charge in [0.15, 0.2) is 0 Å². The van der Waals surface area contributed by atoms with Crippen molar-refractivity contribution in [1.82, 2.24) is 9.80 Å². The second kappa shape index (κ2) is 3.70. The Hall–Kier alpha value is -1.59. The average molecular weight is 252 g/mol. The van der Waals surface area contributed by atoms with Crippen LogP contribution in [0.4, 0.5) is 0 Å². The van der Waals surface area contributed by atoms with E-state index in [4.69, 9.17) is 4.74 Å². The Morgan fingerprint density at radius 1 is 1.33 bits per heavy atom. The lowest BCUT2D eigenvalue weighted by atomic mass is 9.90. The van der Waals surface area contributed by atoms with Gasteiger partial charge >= 0.3 is 5.97 Å². The van der Waals surface area contributed by atoms with Crippen molar-refractivity contribution in [3.8, 4) is 0 Å². The lowest BCUT2D eigenvalue weighted by Gasteiger charge is -2.44. The minimum absolute atomic E-state index is 0.0880. The molecule has 0 N–H and O–H groups in total. The molecule has 3 aliphatic heterocycles. The van der Waals surface area contributed by atoms with Gasteiger partial charge in [-0.3, -0.25) is 9.59 Å². The van der Waals surface area contributed by atoms with Gasteiger partial charge in [-0.2, -0.15) is 0 Å². The van der Waals surface area contributed by atoms with E-state index in [0.717, 1.165) is 6.42 Å². The van der Waals surface area contributed by atoms with E-state index in [2.05, 4.69) is 0 Å². The number of fused-ring (bicyclic) bond motifs is 2. The van der Waals surface area contributed by atoms with Gasteiger partial charge in [0.2, 0.25) is 11.4 Å². The Morgan fingerprint density at radius 3 is 2.83 bits per heavy atom. The molecule has 3 fully saturated rings. The van der Waals surface area contributed by atoms with Crippen molar-refractivity contribution in [3.05, 3.63) is 0 Å². The fourth-order valence-corrected chi connectivity index (χ4v) is 3.49. The van der Waals surface area contributed by atoms with Crippen LogP contribution in [-0.2, 0) is 19.1 Å². The van der Waals surface area contributed by atoms with Crippen molar-refractivity contribution in [2.45, 2.75) is 37.3 Å². The highest BCUT2D eigenvalue weighted by Crippen LogP contribution is 2.40. The van der Waals surface area contributed by atoms with Gasteiger partial charge in [-0.25, -0.2) is 4.79 Å². The van der Waals surface area contributed by atoms with Crippen molar-refractivity contribution in [3.63, 3.8) is 0 Å². The first-order valence-electron chi connectivity index (χ1n) is 6.34. The number of hydrogen-bond donors (Lipinski definition) is 0. The smallest absolute Gasteiger partial charge is 0.341 e. The predicted molar refractivity (Wildman–Crippen MR) is 60.4 cm³/mol. The van der Waals surface area contributed by atoms with E-state index in [0.29, 0.717) is 32.4 Å². The van der Waals surface area contributed by atoms with Crippen molar-refractivity contribution in [2.24, 2.45) is 0 Å². The number of ether oxygens (including phenoxy) is 1. The van der Waals surface area contributed by atoms with Gasteiger partial charge in [-0.1, -0.05) is 0 Å². The highest BCUT2D eigenvalue weighted by molar-refractivity contribution is 6.14. The highest BCUT2D eigenvalue weighted by Gasteiger charge is 2.64. The van der Waals surface area contributed by atoms with Crippen LogP contribution in [0.25, 0.3) is 0 Å². The summed E-state index contributed by atoms with van der Waals surface area (Å²) in [6.07, 6.45) is 2.59. The van der Waals surface area contributed by atoms with Crippen LogP contribution in [0.5, 0.6) is 0 Å². The molecule has 0 bridgehead atoms. The Balaban J connectivity index is 2.07. The quantitative estimate of drug-likeness (QED) is 0.467. The third-order valence-electron chi connectivity index (χ3n) is 4.32. The number of carbonyl (C=O) groups excluding carboxylic acids is 3. The molecule has 18 heavy (non-hydrogen) atoms. The summed E-state index contributed by atoms with van der Waals surface area (Å²) in [7, 11) is 1.27. The van der Waals surface area contributed by atoms with Crippen molar-refractivity contribution in [1.29, 1.82) is 0 Å². The summed E-state index contributed by atoms with van der Waals surface area (Å²) in [4.78, 5) is 40.0. The van der Waals surface area contributed by atoms with Crippen LogP contribution < -0.4 is 0 Å². The molecule has 0 radical (unpaired) electrons. The predicted octanol–water partition coefficient (Wildman–Crippen LogP) is -0.475. The zero-order valence-corrected chi connectivity index (χ0v) is 10.3. The first-order chi connectivity index (χ1) is 8.63. The van der Waals surface area contributed by atoms with E-state index >= 15 is 0 Å². The number of piperazine rings is 1. The Kier molecular flexibility index (Phi) is 2.36. The minimum atomic E-state index is -1.37. The molecule has 3 aliphatic rings. The maximum atomic E-state index is 12.6. The van der Waals surface area contributed by atoms with Crippen LogP contribution in [0.3, 0.4) is 0 Å². The van der Waals surface area contributed by atoms with E-state index in [1.165, 1.54) is 12.0 Å². The molecule has 0 aromatic carbocycles. The minimum Gasteiger partial charge on any atom is -0.467 e. The SMILES string of the molecule is COC(=O)[C@@]12CCCN1C(=O)[C@@H]1CCCN1C2=O. The fraction of sp³-hybridized carbons (Fsp3) is 0.750. The van der Waals surface area contributed by atoms with Gasteiger partial charge in [-0.05, 0) is 25.7 Å². The number of esters is 1. The highest BCUT2D eigenvalue weighted by atomic mass is 16.5. The zero-order chi connectivity index (χ0) is 12.9. The van der Waals surface area contributed by atoms with Crippen molar-refractivity contribution >= 4 is 17.8 Å². The maximum Gasteiger partial charge on any atom is 0.341 e. The molecule has 2 amide bonds. The third kappa shape index (κ3) is 1.15. The van der Waals surface area contributed by atoms with Crippen LogP contribution in [-0.4, -0.2) is 59.4 Å². The molecule has 6 nitrogen and oxygen atoms in total. The Morgan fingerprint density at radius 2 is 2.11 bits per heavy atom. The Bertz CT molecular complexity index is 436. The summed E-state index contributed by atoms with van der Waals surface area (Å²) in [6.45, 7) is 1.05. The van der Waals surface area contributed by atoms with Crippen LogP contribution in [0.15, 0.2) is 0 Å². The normalized spacial score (nSPS) is 34.6. The van der Waals surface area contributed by atoms with Gasteiger partial charge < -0.3 is 14.5 Å². The summed E-state index contributed by atoms with van der Waals surface area (Å²) in [5, 5.41) is 0. The second-order valence-corrected chi connectivity index (χ2v) is 5.10. The summed E-state index contributed by atoms with van der Waals surface area (Å²) in [5.41, 5.74) is -1.37. The monoisotopic (exact) mass is 252 g/mol. The third-order valence-corrected chi connectivity index (χ3v) is 4.32. The number of rotatable bonds is 1. The molecule has 3 heterocycles. The molecule has 98 valence electrons. The second-order valence-electron chi connectivity index (χ2n) is 5.10. The lowest BCUT2D eigenvalue weighted by Crippen LogP contribution is -2.71. The molecule has 0 aromatic heterocycles. The summed E-state index contributed by atoms with van der Waals surface area (Å²) < 4.78 is 4.78. The molecular formula is C12H16N2O4. The number of nitrogens with zero attached hydrogens (tertiary/aromatic N) is 2. The molecule has 6 heteroatoms. The van der Waals surface area contributed by atoms with Crippen LogP contribution in [0, 0.1) is 0 Å². The summed E-state index contributed by atoms with van der Waals surface area (Å²) in [6, 6.07) is -0.353. The zero-order valence-electron chi connectivity index (χ0n) is 10.3. The summed E-state index contributed by atoms with van der Waals surface area (Å²) >= 11 is 0. The van der Waals surface area contributed by atoms with E-state index in [1.54, 1.807) is 4.90 Å². The van der Waals surface area contributed by atoms with E-state index in [9.17, 15) is 14.4 Å². The molecular weight excluding hydrogens is 236 g/mol. The van der Waals surface area contributed by atoms with Gasteiger partial charge in [0, 0.05) is 13.1 Å². The van der Waals surface area contributed by atoms with Crippen molar-refractivity contribution in [2.75, 3.05) is 20.2 Å². The molecule has 0 spiro atoms. The average Bonchev–Trinajstić information content (AvgIpc) is 3.02. The van der Waals surface area contributed by atoms with Gasteiger partial charge in [-0.15, -0.1) is 0 Å². The van der Waals surface area contributed by atoms with E-state index in [1.807, 2.05) is 0 Å². The topological polar surface area (TPSA) is 66.9 Å².